The highest BCUT2D eigenvalue weighted by Crippen LogP contribution is 2.22. The molecule has 1 fully saturated rings. The van der Waals surface area contributed by atoms with E-state index >= 15 is 0 Å². The molecule has 1 atom stereocenters. The van der Waals surface area contributed by atoms with Crippen molar-refractivity contribution >= 4 is 11.6 Å². The topological polar surface area (TPSA) is 58.3 Å². The lowest BCUT2D eigenvalue weighted by molar-refractivity contribution is 0.748. The maximum absolute atomic E-state index is 5.97. The van der Waals surface area contributed by atoms with E-state index < -0.39 is 0 Å². The smallest absolute Gasteiger partial charge is 0.134 e. The standard InChI is InChI=1S/C14H25N5/c1-4-5-7-18(3)13-9-14(17-11(2)16-13)19-8-6-12(15)10-19/h9,12H,4-8,10,15H2,1-3H3. The van der Waals surface area contributed by atoms with E-state index in [0.717, 1.165) is 43.5 Å². The zero-order valence-electron chi connectivity index (χ0n) is 12.3. The van der Waals surface area contributed by atoms with Crippen molar-refractivity contribution in [2.75, 3.05) is 36.5 Å². The van der Waals surface area contributed by atoms with E-state index in [4.69, 9.17) is 5.73 Å². The van der Waals surface area contributed by atoms with Crippen molar-refractivity contribution in [3.8, 4) is 0 Å². The minimum atomic E-state index is 0.275. The molecule has 2 rings (SSSR count). The highest BCUT2D eigenvalue weighted by atomic mass is 15.2. The summed E-state index contributed by atoms with van der Waals surface area (Å²) in [6.07, 6.45) is 3.43. The van der Waals surface area contributed by atoms with Crippen molar-refractivity contribution in [3.05, 3.63) is 11.9 Å². The highest BCUT2D eigenvalue weighted by Gasteiger charge is 2.21. The maximum Gasteiger partial charge on any atom is 0.134 e. The van der Waals surface area contributed by atoms with E-state index in [1.54, 1.807) is 0 Å². The Balaban J connectivity index is 2.14. The zero-order chi connectivity index (χ0) is 13.8. The van der Waals surface area contributed by atoms with Crippen molar-refractivity contribution < 1.29 is 0 Å². The second-order valence-electron chi connectivity index (χ2n) is 5.40. The molecule has 2 N–H and O–H groups in total. The minimum absolute atomic E-state index is 0.275. The van der Waals surface area contributed by atoms with Gasteiger partial charge in [0.15, 0.2) is 0 Å². The third-order valence-electron chi connectivity index (χ3n) is 3.60. The fourth-order valence-electron chi connectivity index (χ4n) is 2.40. The Kier molecular flexibility index (Phi) is 4.58. The summed E-state index contributed by atoms with van der Waals surface area (Å²) in [6, 6.07) is 2.36. The third kappa shape index (κ3) is 3.56. The quantitative estimate of drug-likeness (QED) is 0.873. The van der Waals surface area contributed by atoms with Crippen LogP contribution in [0.25, 0.3) is 0 Å². The van der Waals surface area contributed by atoms with Crippen LogP contribution >= 0.6 is 0 Å². The number of nitrogens with zero attached hydrogens (tertiary/aromatic N) is 4. The first-order valence-corrected chi connectivity index (χ1v) is 7.17. The van der Waals surface area contributed by atoms with E-state index in [-0.39, 0.29) is 6.04 Å². The Hall–Kier alpha value is -1.36. The van der Waals surface area contributed by atoms with Crippen LogP contribution < -0.4 is 15.5 Å². The number of aryl methyl sites for hydroxylation is 1. The number of nitrogens with two attached hydrogens (primary N) is 1. The van der Waals surface area contributed by atoms with Crippen molar-refractivity contribution in [3.63, 3.8) is 0 Å². The van der Waals surface area contributed by atoms with Gasteiger partial charge in [-0.15, -0.1) is 0 Å². The van der Waals surface area contributed by atoms with Gasteiger partial charge in [0.25, 0.3) is 0 Å². The fourth-order valence-corrected chi connectivity index (χ4v) is 2.40. The molecule has 0 amide bonds. The van der Waals surface area contributed by atoms with Crippen molar-refractivity contribution in [1.82, 2.24) is 9.97 Å². The molecule has 106 valence electrons. The summed E-state index contributed by atoms with van der Waals surface area (Å²) in [5.74, 6) is 2.85. The highest BCUT2D eigenvalue weighted by molar-refractivity contribution is 5.51. The van der Waals surface area contributed by atoms with E-state index in [0.29, 0.717) is 0 Å². The van der Waals surface area contributed by atoms with Crippen LogP contribution in [0.5, 0.6) is 0 Å². The van der Waals surface area contributed by atoms with Crippen molar-refractivity contribution in [1.29, 1.82) is 0 Å². The predicted molar refractivity (Wildman–Crippen MR) is 79.8 cm³/mol. The van der Waals surface area contributed by atoms with E-state index in [1.165, 1.54) is 12.8 Å². The lowest BCUT2D eigenvalue weighted by Crippen LogP contribution is -2.28. The number of hydrogen-bond acceptors (Lipinski definition) is 5. The Morgan fingerprint density at radius 2 is 2.26 bits per heavy atom. The summed E-state index contributed by atoms with van der Waals surface area (Å²) in [4.78, 5) is 13.5. The van der Waals surface area contributed by atoms with Crippen LogP contribution in [-0.4, -0.2) is 42.7 Å². The van der Waals surface area contributed by atoms with Gasteiger partial charge in [0.05, 0.1) is 0 Å². The first-order chi connectivity index (χ1) is 9.10. The Labute approximate surface area is 115 Å². The lowest BCUT2D eigenvalue weighted by atomic mass is 10.3. The second-order valence-corrected chi connectivity index (χ2v) is 5.40. The number of unbranched alkanes of at least 4 members (excludes halogenated alkanes) is 1. The zero-order valence-corrected chi connectivity index (χ0v) is 12.3. The van der Waals surface area contributed by atoms with Crippen LogP contribution in [0.4, 0.5) is 11.6 Å². The van der Waals surface area contributed by atoms with Gasteiger partial charge in [0.1, 0.15) is 17.5 Å². The second kappa shape index (κ2) is 6.19. The van der Waals surface area contributed by atoms with Crippen LogP contribution in [0, 0.1) is 6.92 Å². The number of anilines is 2. The molecule has 0 radical (unpaired) electrons. The van der Waals surface area contributed by atoms with E-state index in [2.05, 4.69) is 39.8 Å². The molecule has 0 bridgehead atoms. The summed E-state index contributed by atoms with van der Waals surface area (Å²) in [6.45, 7) is 7.09. The molecule has 1 aliphatic rings. The average Bonchev–Trinajstić information content (AvgIpc) is 2.82. The molecule has 1 aromatic heterocycles. The van der Waals surface area contributed by atoms with E-state index in [1.807, 2.05) is 6.92 Å². The van der Waals surface area contributed by atoms with Crippen molar-refractivity contribution in [2.45, 2.75) is 39.2 Å². The predicted octanol–water partition coefficient (Wildman–Crippen LogP) is 1.56. The first-order valence-electron chi connectivity index (χ1n) is 7.17. The molecule has 1 aromatic rings. The summed E-state index contributed by atoms with van der Waals surface area (Å²) in [5.41, 5.74) is 5.97. The van der Waals surface area contributed by atoms with Gasteiger partial charge in [0.2, 0.25) is 0 Å². The minimum Gasteiger partial charge on any atom is -0.360 e. The van der Waals surface area contributed by atoms with Gasteiger partial charge < -0.3 is 15.5 Å². The molecule has 19 heavy (non-hydrogen) atoms. The van der Waals surface area contributed by atoms with Crippen LogP contribution in [0.2, 0.25) is 0 Å². The van der Waals surface area contributed by atoms with Crippen LogP contribution in [0.1, 0.15) is 32.0 Å². The summed E-state index contributed by atoms with van der Waals surface area (Å²) in [5, 5.41) is 0. The molecule has 2 heterocycles. The van der Waals surface area contributed by atoms with E-state index in [9.17, 15) is 0 Å². The molecule has 1 unspecified atom stereocenters. The molecular weight excluding hydrogens is 238 g/mol. The molecular formula is C14H25N5. The molecule has 0 saturated carbocycles. The third-order valence-corrected chi connectivity index (χ3v) is 3.60. The van der Waals surface area contributed by atoms with Gasteiger partial charge in [-0.1, -0.05) is 13.3 Å². The van der Waals surface area contributed by atoms with Crippen molar-refractivity contribution in [2.24, 2.45) is 5.73 Å². The summed E-state index contributed by atoms with van der Waals surface area (Å²) < 4.78 is 0. The van der Waals surface area contributed by atoms with Gasteiger partial charge in [-0.25, -0.2) is 9.97 Å². The number of aromatic nitrogens is 2. The molecule has 1 saturated heterocycles. The molecule has 0 spiro atoms. The van der Waals surface area contributed by atoms with Gasteiger partial charge in [-0.05, 0) is 19.8 Å². The van der Waals surface area contributed by atoms with Crippen LogP contribution in [-0.2, 0) is 0 Å². The largest absolute Gasteiger partial charge is 0.360 e. The number of hydrogen-bond donors (Lipinski definition) is 1. The SMILES string of the molecule is CCCCN(C)c1cc(N2CCC(N)C2)nc(C)n1. The Morgan fingerprint density at radius 3 is 2.89 bits per heavy atom. The summed E-state index contributed by atoms with van der Waals surface area (Å²) in [7, 11) is 2.09. The van der Waals surface area contributed by atoms with Gasteiger partial charge in [-0.3, -0.25) is 0 Å². The fraction of sp³-hybridized carbons (Fsp3) is 0.714. The number of rotatable bonds is 5. The molecule has 1 aliphatic heterocycles. The van der Waals surface area contributed by atoms with Crippen LogP contribution in [0.3, 0.4) is 0 Å². The van der Waals surface area contributed by atoms with Gasteiger partial charge >= 0.3 is 0 Å². The summed E-state index contributed by atoms with van der Waals surface area (Å²) >= 11 is 0. The average molecular weight is 263 g/mol. The maximum atomic E-state index is 5.97. The van der Waals surface area contributed by atoms with Gasteiger partial charge in [0, 0.05) is 38.8 Å². The van der Waals surface area contributed by atoms with Gasteiger partial charge in [-0.2, -0.15) is 0 Å². The molecule has 5 nitrogen and oxygen atoms in total. The first kappa shape index (κ1) is 14.1. The molecule has 0 aromatic carbocycles. The van der Waals surface area contributed by atoms with Crippen LogP contribution in [0.15, 0.2) is 6.07 Å². The Bertz CT molecular complexity index is 420. The monoisotopic (exact) mass is 263 g/mol. The molecule has 5 heteroatoms. The lowest BCUT2D eigenvalue weighted by Gasteiger charge is -2.22. The Morgan fingerprint density at radius 1 is 1.47 bits per heavy atom. The normalized spacial score (nSPS) is 18.9. The molecule has 0 aliphatic carbocycles.